The maximum Gasteiger partial charge on any atom is 0.335 e. The number of aliphatic imine (C=N–C) groups is 1. The molecule has 0 atom stereocenters. The van der Waals surface area contributed by atoms with E-state index in [1.165, 1.54) is 29.5 Å². The number of ether oxygens (including phenoxy) is 1. The molecule has 4 rings (SSSR count). The summed E-state index contributed by atoms with van der Waals surface area (Å²) >= 11 is 1.28. The first kappa shape index (κ1) is 23.3. The van der Waals surface area contributed by atoms with Crippen LogP contribution in [0.2, 0.25) is 0 Å². The number of nitrogens with zero attached hydrogens (tertiary/aromatic N) is 2. The molecule has 0 saturated carbocycles. The van der Waals surface area contributed by atoms with Gasteiger partial charge in [-0.05, 0) is 73.1 Å². The van der Waals surface area contributed by atoms with Gasteiger partial charge in [0.15, 0.2) is 5.17 Å². The summed E-state index contributed by atoms with van der Waals surface area (Å²) in [5.74, 6) is -0.388. The topological polar surface area (TPSA) is 79.2 Å². The third-order valence-electron chi connectivity index (χ3n) is 5.23. The summed E-state index contributed by atoms with van der Waals surface area (Å²) in [5, 5.41) is 9.73. The highest BCUT2D eigenvalue weighted by molar-refractivity contribution is 8.18. The van der Waals surface area contributed by atoms with Gasteiger partial charge in [-0.25, -0.2) is 9.79 Å². The Morgan fingerprint density at radius 1 is 1.09 bits per heavy atom. The first-order valence-corrected chi connectivity index (χ1v) is 11.7. The van der Waals surface area contributed by atoms with E-state index in [2.05, 4.69) is 24.0 Å². The van der Waals surface area contributed by atoms with Gasteiger partial charge in [-0.3, -0.25) is 9.69 Å². The van der Waals surface area contributed by atoms with Crippen LogP contribution >= 0.6 is 11.8 Å². The van der Waals surface area contributed by atoms with Gasteiger partial charge in [0, 0.05) is 6.54 Å². The zero-order chi connectivity index (χ0) is 24.1. The molecule has 0 aliphatic carbocycles. The first-order chi connectivity index (χ1) is 16.4. The number of aromatic carboxylic acids is 1. The maximum atomic E-state index is 12.9. The average Bonchev–Trinajstić information content (AvgIpc) is 3.13. The van der Waals surface area contributed by atoms with Crippen molar-refractivity contribution in [2.45, 2.75) is 20.5 Å². The highest BCUT2D eigenvalue weighted by Gasteiger charge is 2.32. The van der Waals surface area contributed by atoms with Gasteiger partial charge in [0.25, 0.3) is 5.91 Å². The van der Waals surface area contributed by atoms with Gasteiger partial charge in [0.1, 0.15) is 12.4 Å². The van der Waals surface area contributed by atoms with Crippen molar-refractivity contribution in [3.05, 3.63) is 100.0 Å². The quantitative estimate of drug-likeness (QED) is 0.433. The normalized spacial score (nSPS) is 15.8. The molecular weight excluding hydrogens is 448 g/mol. The number of amides is 1. The Bertz CT molecular complexity index is 1260. The lowest BCUT2D eigenvalue weighted by atomic mass is 10.1. The first-order valence-electron chi connectivity index (χ1n) is 10.8. The number of amidine groups is 1. The predicted octanol–water partition coefficient (Wildman–Crippen LogP) is 5.90. The van der Waals surface area contributed by atoms with Crippen molar-refractivity contribution in [3.8, 4) is 5.75 Å². The van der Waals surface area contributed by atoms with Crippen LogP contribution < -0.4 is 4.74 Å². The Kier molecular flexibility index (Phi) is 7.13. The number of hydrogen-bond donors (Lipinski definition) is 1. The van der Waals surface area contributed by atoms with Crippen LogP contribution in [-0.2, 0) is 11.4 Å². The molecule has 3 aromatic rings. The third-order valence-corrected chi connectivity index (χ3v) is 6.23. The number of carbonyl (C=O) groups excluding carboxylic acids is 1. The summed E-state index contributed by atoms with van der Waals surface area (Å²) in [7, 11) is 0. The van der Waals surface area contributed by atoms with Crippen molar-refractivity contribution >= 4 is 40.6 Å². The molecule has 1 heterocycles. The monoisotopic (exact) mass is 472 g/mol. The van der Waals surface area contributed by atoms with Crippen LogP contribution in [0.5, 0.6) is 5.75 Å². The Morgan fingerprint density at radius 2 is 1.82 bits per heavy atom. The van der Waals surface area contributed by atoms with Crippen LogP contribution in [0.25, 0.3) is 6.08 Å². The molecule has 7 heteroatoms. The SMILES string of the molecule is CCN1C(=O)/C(=C\c2ccc(OCc3ccc(C)cc3)cc2)SC1=Nc1cccc(C(=O)O)c1. The molecule has 1 aliphatic heterocycles. The molecule has 0 radical (unpaired) electrons. The number of carboxylic acid groups (broad SMARTS) is 1. The maximum absolute atomic E-state index is 12.9. The second-order valence-electron chi connectivity index (χ2n) is 7.75. The summed E-state index contributed by atoms with van der Waals surface area (Å²) in [6.07, 6.45) is 1.83. The van der Waals surface area contributed by atoms with Crippen LogP contribution in [0.4, 0.5) is 5.69 Å². The Balaban J connectivity index is 1.48. The molecule has 3 aromatic carbocycles. The zero-order valence-corrected chi connectivity index (χ0v) is 19.7. The van der Waals surface area contributed by atoms with E-state index >= 15 is 0 Å². The Hall–Kier alpha value is -3.84. The van der Waals surface area contributed by atoms with E-state index in [0.717, 1.165) is 16.9 Å². The van der Waals surface area contributed by atoms with Crippen molar-refractivity contribution < 1.29 is 19.4 Å². The highest BCUT2D eigenvalue weighted by atomic mass is 32.2. The smallest absolute Gasteiger partial charge is 0.335 e. The molecule has 1 aliphatic rings. The van der Waals surface area contributed by atoms with Crippen molar-refractivity contribution in [2.24, 2.45) is 4.99 Å². The molecule has 0 aromatic heterocycles. The van der Waals surface area contributed by atoms with E-state index in [4.69, 9.17) is 4.74 Å². The molecule has 1 amide bonds. The van der Waals surface area contributed by atoms with Crippen LogP contribution in [-0.4, -0.2) is 33.6 Å². The lowest BCUT2D eigenvalue weighted by Crippen LogP contribution is -2.28. The number of thioether (sulfide) groups is 1. The molecule has 0 spiro atoms. The number of benzene rings is 3. The standard InChI is InChI=1S/C27H24N2O4S/c1-3-29-25(30)24(34-27(29)28-22-6-4-5-21(16-22)26(31)32)15-19-11-13-23(14-12-19)33-17-20-9-7-18(2)8-10-20/h4-16H,3,17H2,1-2H3,(H,31,32)/b24-15+,28-27?. The molecular formula is C27H24N2O4S. The number of carboxylic acids is 1. The second kappa shape index (κ2) is 10.4. The molecule has 34 heavy (non-hydrogen) atoms. The van der Waals surface area contributed by atoms with Crippen molar-refractivity contribution in [1.29, 1.82) is 0 Å². The van der Waals surface area contributed by atoms with Gasteiger partial charge in [0.2, 0.25) is 0 Å². The van der Waals surface area contributed by atoms with Crippen molar-refractivity contribution in [1.82, 2.24) is 4.90 Å². The number of rotatable bonds is 7. The second-order valence-corrected chi connectivity index (χ2v) is 8.76. The van der Waals surface area contributed by atoms with Gasteiger partial charge in [0.05, 0.1) is 16.2 Å². The molecule has 0 unspecified atom stereocenters. The Labute approximate surface area is 202 Å². The van der Waals surface area contributed by atoms with Crippen LogP contribution in [0.3, 0.4) is 0 Å². The minimum Gasteiger partial charge on any atom is -0.489 e. The lowest BCUT2D eigenvalue weighted by Gasteiger charge is -2.12. The number of likely N-dealkylation sites (N-methyl/N-ethyl adjacent to an activating group) is 1. The van der Waals surface area contributed by atoms with E-state index in [1.54, 1.807) is 17.0 Å². The molecule has 1 fully saturated rings. The van der Waals surface area contributed by atoms with E-state index in [9.17, 15) is 14.7 Å². The van der Waals surface area contributed by atoms with Gasteiger partial charge < -0.3 is 9.84 Å². The summed E-state index contributed by atoms with van der Waals surface area (Å²) in [5.41, 5.74) is 3.84. The molecule has 6 nitrogen and oxygen atoms in total. The summed E-state index contributed by atoms with van der Waals surface area (Å²) in [6, 6.07) is 22.2. The molecule has 172 valence electrons. The van der Waals surface area contributed by atoms with E-state index in [0.29, 0.717) is 28.9 Å². The van der Waals surface area contributed by atoms with Crippen molar-refractivity contribution in [3.63, 3.8) is 0 Å². The number of hydrogen-bond acceptors (Lipinski definition) is 5. The average molecular weight is 473 g/mol. The fourth-order valence-electron chi connectivity index (χ4n) is 3.35. The summed E-state index contributed by atoms with van der Waals surface area (Å²) in [6.45, 7) is 4.89. The fourth-order valence-corrected chi connectivity index (χ4v) is 4.41. The third kappa shape index (κ3) is 5.55. The minimum atomic E-state index is -1.02. The number of aryl methyl sites for hydroxylation is 1. The largest absolute Gasteiger partial charge is 0.489 e. The zero-order valence-electron chi connectivity index (χ0n) is 18.9. The van der Waals surface area contributed by atoms with Crippen LogP contribution in [0.1, 0.15) is 34.0 Å². The van der Waals surface area contributed by atoms with E-state index in [1.807, 2.05) is 49.4 Å². The van der Waals surface area contributed by atoms with Gasteiger partial charge >= 0.3 is 5.97 Å². The van der Waals surface area contributed by atoms with Gasteiger partial charge in [-0.15, -0.1) is 0 Å². The van der Waals surface area contributed by atoms with Crippen molar-refractivity contribution in [2.75, 3.05) is 6.54 Å². The summed E-state index contributed by atoms with van der Waals surface area (Å²) in [4.78, 5) is 30.8. The highest BCUT2D eigenvalue weighted by Crippen LogP contribution is 2.34. The summed E-state index contributed by atoms with van der Waals surface area (Å²) < 4.78 is 5.86. The molecule has 0 bridgehead atoms. The van der Waals surface area contributed by atoms with Crippen LogP contribution in [0, 0.1) is 6.92 Å². The minimum absolute atomic E-state index is 0.125. The van der Waals surface area contributed by atoms with E-state index in [-0.39, 0.29) is 11.5 Å². The van der Waals surface area contributed by atoms with E-state index < -0.39 is 5.97 Å². The molecule has 1 saturated heterocycles. The lowest BCUT2D eigenvalue weighted by molar-refractivity contribution is -0.122. The fraction of sp³-hybridized carbons (Fsp3) is 0.148. The van der Waals surface area contributed by atoms with Crippen LogP contribution in [0.15, 0.2) is 82.7 Å². The Morgan fingerprint density at radius 3 is 2.50 bits per heavy atom. The van der Waals surface area contributed by atoms with Gasteiger partial charge in [-0.1, -0.05) is 48.0 Å². The van der Waals surface area contributed by atoms with Gasteiger partial charge in [-0.2, -0.15) is 0 Å². The molecule has 1 N–H and O–H groups in total. The predicted molar refractivity (Wildman–Crippen MR) is 135 cm³/mol. The number of carbonyl (C=O) groups is 2.